The summed E-state index contributed by atoms with van der Waals surface area (Å²) in [6.07, 6.45) is 0.711. The van der Waals surface area contributed by atoms with Crippen LogP contribution >= 0.6 is 0 Å². The number of hydrogen-bond donors (Lipinski definition) is 3. The number of phenolic OH excluding ortho intramolecular Hbond substituents is 1. The van der Waals surface area contributed by atoms with Gasteiger partial charge in [-0.2, -0.15) is 5.10 Å². The highest BCUT2D eigenvalue weighted by atomic mass is 19.1. The maximum Gasteiger partial charge on any atom is 0.332 e. The summed E-state index contributed by atoms with van der Waals surface area (Å²) >= 11 is 0. The van der Waals surface area contributed by atoms with Crippen LogP contribution in [0.5, 0.6) is 5.75 Å². The highest BCUT2D eigenvalue weighted by Gasteiger charge is 2.19. The molecule has 1 aromatic carbocycles. The quantitative estimate of drug-likeness (QED) is 0.403. The Morgan fingerprint density at radius 2 is 2.29 bits per heavy atom. The Labute approximate surface area is 93.7 Å². The number of nitrogens with one attached hydrogen (secondary N) is 1. The molecular formula is C8H7FN4O4. The molecule has 0 fully saturated rings. The minimum atomic E-state index is -0.994. The molecule has 17 heavy (non-hydrogen) atoms. The van der Waals surface area contributed by atoms with Crippen LogP contribution in [0.1, 0.15) is 5.56 Å². The molecule has 2 amide bonds. The van der Waals surface area contributed by atoms with Crippen molar-refractivity contribution < 1.29 is 19.2 Å². The number of urea groups is 1. The Morgan fingerprint density at radius 3 is 2.82 bits per heavy atom. The molecule has 0 radical (unpaired) electrons. The number of nitro benzene ring substituents is 1. The van der Waals surface area contributed by atoms with Crippen molar-refractivity contribution in [1.29, 1.82) is 0 Å². The highest BCUT2D eigenvalue weighted by Crippen LogP contribution is 2.30. The van der Waals surface area contributed by atoms with Crippen molar-refractivity contribution in [2.45, 2.75) is 0 Å². The topological polar surface area (TPSA) is 131 Å². The van der Waals surface area contributed by atoms with Gasteiger partial charge in [-0.3, -0.25) is 10.1 Å². The molecule has 0 saturated heterocycles. The number of carbonyl (C=O) groups excluding carboxylic acids is 1. The van der Waals surface area contributed by atoms with E-state index in [9.17, 15) is 24.4 Å². The first-order valence-electron chi connectivity index (χ1n) is 4.18. The average Bonchev–Trinajstić information content (AvgIpc) is 2.21. The summed E-state index contributed by atoms with van der Waals surface area (Å²) in [4.78, 5) is 19.8. The van der Waals surface area contributed by atoms with E-state index in [1.807, 2.05) is 0 Å². The number of halogens is 1. The molecule has 4 N–H and O–H groups in total. The number of aromatic hydroxyl groups is 1. The van der Waals surface area contributed by atoms with Gasteiger partial charge in [-0.05, 0) is 6.07 Å². The standard InChI is InChI=1S/C8H7FN4O4/c9-5-1-2-6(13(16)17)7(14)4(5)3-11-12-8(10)15/h1-3,14H,(H3,10,12,15). The fraction of sp³-hybridized carbons (Fsp3) is 0. The number of nitrogens with two attached hydrogens (primary N) is 1. The molecule has 1 aromatic rings. The van der Waals surface area contributed by atoms with E-state index in [0.29, 0.717) is 6.21 Å². The molecule has 90 valence electrons. The van der Waals surface area contributed by atoms with Gasteiger partial charge in [0, 0.05) is 6.07 Å². The fourth-order valence-electron chi connectivity index (χ4n) is 1.00. The van der Waals surface area contributed by atoms with Gasteiger partial charge in [0.25, 0.3) is 0 Å². The smallest absolute Gasteiger partial charge is 0.332 e. The molecule has 0 aromatic heterocycles. The lowest BCUT2D eigenvalue weighted by Gasteiger charge is -2.01. The van der Waals surface area contributed by atoms with Crippen LogP contribution in [0.25, 0.3) is 0 Å². The second kappa shape index (κ2) is 4.88. The van der Waals surface area contributed by atoms with Crippen LogP contribution in [-0.4, -0.2) is 22.3 Å². The zero-order chi connectivity index (χ0) is 13.0. The van der Waals surface area contributed by atoms with E-state index in [1.54, 1.807) is 5.43 Å². The Balaban J connectivity index is 3.14. The first kappa shape index (κ1) is 12.4. The first-order chi connectivity index (χ1) is 7.93. The van der Waals surface area contributed by atoms with Crippen LogP contribution in [0.15, 0.2) is 17.2 Å². The van der Waals surface area contributed by atoms with Crippen LogP contribution in [-0.2, 0) is 0 Å². The van der Waals surface area contributed by atoms with Crippen LogP contribution in [0.2, 0.25) is 0 Å². The van der Waals surface area contributed by atoms with E-state index in [1.165, 1.54) is 0 Å². The molecular weight excluding hydrogens is 235 g/mol. The molecule has 8 nitrogen and oxygen atoms in total. The number of carbonyl (C=O) groups is 1. The van der Waals surface area contributed by atoms with Crippen LogP contribution in [0.4, 0.5) is 14.9 Å². The minimum absolute atomic E-state index is 0.520. The van der Waals surface area contributed by atoms with Crippen LogP contribution in [0.3, 0.4) is 0 Å². The second-order valence-corrected chi connectivity index (χ2v) is 2.82. The lowest BCUT2D eigenvalue weighted by molar-refractivity contribution is -0.385. The number of benzene rings is 1. The zero-order valence-corrected chi connectivity index (χ0v) is 8.25. The summed E-state index contributed by atoms with van der Waals surface area (Å²) in [5, 5.41) is 23.0. The molecule has 0 unspecified atom stereocenters. The molecule has 0 heterocycles. The van der Waals surface area contributed by atoms with E-state index in [4.69, 9.17) is 0 Å². The summed E-state index contributed by atoms with van der Waals surface area (Å²) < 4.78 is 13.2. The molecule has 0 aliphatic heterocycles. The maximum atomic E-state index is 13.2. The van der Waals surface area contributed by atoms with Gasteiger partial charge in [0.1, 0.15) is 5.82 Å². The Bertz CT molecular complexity index is 503. The Hall–Kier alpha value is -2.71. The molecule has 0 bridgehead atoms. The van der Waals surface area contributed by atoms with E-state index in [-0.39, 0.29) is 0 Å². The Kier molecular flexibility index (Phi) is 3.55. The third-order valence-electron chi connectivity index (χ3n) is 1.71. The van der Waals surface area contributed by atoms with Crippen molar-refractivity contribution in [3.05, 3.63) is 33.6 Å². The van der Waals surface area contributed by atoms with E-state index >= 15 is 0 Å². The lowest BCUT2D eigenvalue weighted by Crippen LogP contribution is -2.24. The molecule has 0 aliphatic carbocycles. The van der Waals surface area contributed by atoms with Gasteiger partial charge < -0.3 is 10.8 Å². The number of hydrazone groups is 1. The fourth-order valence-corrected chi connectivity index (χ4v) is 1.00. The van der Waals surface area contributed by atoms with E-state index in [2.05, 4.69) is 10.8 Å². The predicted octanol–water partition coefficient (Wildman–Crippen LogP) is 0.442. The van der Waals surface area contributed by atoms with Crippen molar-refractivity contribution in [3.8, 4) is 5.75 Å². The van der Waals surface area contributed by atoms with Crippen molar-refractivity contribution in [2.75, 3.05) is 0 Å². The van der Waals surface area contributed by atoms with Crippen LogP contribution < -0.4 is 11.2 Å². The predicted molar refractivity (Wildman–Crippen MR) is 55.0 cm³/mol. The highest BCUT2D eigenvalue weighted by molar-refractivity contribution is 5.86. The number of primary amides is 1. The van der Waals surface area contributed by atoms with Gasteiger partial charge in [-0.25, -0.2) is 14.6 Å². The lowest BCUT2D eigenvalue weighted by atomic mass is 10.2. The molecule has 0 atom stereocenters. The average molecular weight is 242 g/mol. The van der Waals surface area contributed by atoms with Gasteiger partial charge in [-0.15, -0.1) is 0 Å². The van der Waals surface area contributed by atoms with Crippen molar-refractivity contribution in [2.24, 2.45) is 10.8 Å². The molecule has 0 saturated carbocycles. The summed E-state index contributed by atoms with van der Waals surface area (Å²) in [5.74, 6) is -1.81. The van der Waals surface area contributed by atoms with Crippen LogP contribution in [0, 0.1) is 15.9 Å². The maximum absolute atomic E-state index is 13.2. The van der Waals surface area contributed by atoms with Gasteiger partial charge in [0.05, 0.1) is 16.7 Å². The van der Waals surface area contributed by atoms with Gasteiger partial charge >= 0.3 is 11.7 Å². The zero-order valence-electron chi connectivity index (χ0n) is 8.25. The van der Waals surface area contributed by atoms with E-state index < -0.39 is 33.8 Å². The van der Waals surface area contributed by atoms with Crippen molar-refractivity contribution in [3.63, 3.8) is 0 Å². The number of hydrogen-bond acceptors (Lipinski definition) is 5. The van der Waals surface area contributed by atoms with Crippen molar-refractivity contribution in [1.82, 2.24) is 5.43 Å². The monoisotopic (exact) mass is 242 g/mol. The number of phenols is 1. The molecule has 9 heteroatoms. The number of nitro groups is 1. The summed E-state index contributed by atoms with van der Waals surface area (Å²) in [5.41, 5.74) is 5.25. The molecule has 0 spiro atoms. The summed E-state index contributed by atoms with van der Waals surface area (Å²) in [6, 6.07) is 0.610. The van der Waals surface area contributed by atoms with Gasteiger partial charge in [0.15, 0.2) is 0 Å². The van der Waals surface area contributed by atoms with Gasteiger partial charge in [0.2, 0.25) is 5.75 Å². The Morgan fingerprint density at radius 1 is 1.65 bits per heavy atom. The minimum Gasteiger partial charge on any atom is -0.502 e. The normalized spacial score (nSPS) is 10.4. The largest absolute Gasteiger partial charge is 0.502 e. The number of amides is 2. The van der Waals surface area contributed by atoms with E-state index in [0.717, 1.165) is 12.1 Å². The SMILES string of the molecule is NC(=O)NN=Cc1c(F)ccc([N+](=O)[O-])c1O. The molecule has 0 aliphatic rings. The second-order valence-electron chi connectivity index (χ2n) is 2.82. The summed E-state index contributed by atoms with van der Waals surface area (Å²) in [6.45, 7) is 0. The third-order valence-corrected chi connectivity index (χ3v) is 1.71. The van der Waals surface area contributed by atoms with Crippen molar-refractivity contribution >= 4 is 17.9 Å². The first-order valence-corrected chi connectivity index (χ1v) is 4.18. The molecule has 1 rings (SSSR count). The third kappa shape index (κ3) is 2.87. The number of nitrogens with zero attached hydrogens (tertiary/aromatic N) is 2. The number of rotatable bonds is 3. The summed E-state index contributed by atoms with van der Waals surface area (Å²) in [7, 11) is 0. The van der Waals surface area contributed by atoms with Gasteiger partial charge in [-0.1, -0.05) is 0 Å².